The Morgan fingerprint density at radius 1 is 1.38 bits per heavy atom. The highest BCUT2D eigenvalue weighted by Gasteiger charge is 2.39. The van der Waals surface area contributed by atoms with Crippen molar-refractivity contribution in [3.05, 3.63) is 35.6 Å². The molecule has 1 aromatic carbocycles. The third kappa shape index (κ3) is 3.09. The van der Waals surface area contributed by atoms with Gasteiger partial charge in [-0.05, 0) is 30.5 Å². The highest BCUT2D eigenvalue weighted by Crippen LogP contribution is 2.43. The second-order valence-electron chi connectivity index (χ2n) is 5.94. The number of carbonyl (C=O) groups excluding carboxylic acids is 1. The average molecular weight is 292 g/mol. The van der Waals surface area contributed by atoms with Gasteiger partial charge >= 0.3 is 0 Å². The lowest BCUT2D eigenvalue weighted by Gasteiger charge is -2.43. The minimum atomic E-state index is -0.260. The maximum absolute atomic E-state index is 13.1. The molecule has 1 amide bonds. The topological polar surface area (TPSA) is 50.4 Å². The second kappa shape index (κ2) is 6.12. The predicted octanol–water partition coefficient (Wildman–Crippen LogP) is 1.35. The summed E-state index contributed by atoms with van der Waals surface area (Å²) in [5.74, 6) is -0.232. The van der Waals surface area contributed by atoms with Gasteiger partial charge in [-0.25, -0.2) is 4.39 Å². The van der Waals surface area contributed by atoms with E-state index in [0.717, 1.165) is 24.8 Å². The summed E-state index contributed by atoms with van der Waals surface area (Å²) in [7, 11) is 0. The number of morpholine rings is 1. The fourth-order valence-electron chi connectivity index (χ4n) is 3.09. The fourth-order valence-corrected chi connectivity index (χ4v) is 3.09. The summed E-state index contributed by atoms with van der Waals surface area (Å²) >= 11 is 0. The molecule has 1 atom stereocenters. The van der Waals surface area contributed by atoms with Crippen LogP contribution in [-0.2, 0) is 14.9 Å². The van der Waals surface area contributed by atoms with E-state index in [9.17, 15) is 9.18 Å². The Labute approximate surface area is 124 Å². The van der Waals surface area contributed by atoms with Crippen molar-refractivity contribution in [3.63, 3.8) is 0 Å². The molecular formula is C16H21FN2O2. The van der Waals surface area contributed by atoms with Gasteiger partial charge in [-0.3, -0.25) is 4.79 Å². The summed E-state index contributed by atoms with van der Waals surface area (Å²) in [4.78, 5) is 12.2. The number of nitrogens with one attached hydrogen (secondary N) is 2. The first-order chi connectivity index (χ1) is 10.2. The lowest BCUT2D eigenvalue weighted by Crippen LogP contribution is -2.54. The monoisotopic (exact) mass is 292 g/mol. The zero-order chi connectivity index (χ0) is 14.7. The third-order valence-electron chi connectivity index (χ3n) is 4.61. The van der Waals surface area contributed by atoms with Crippen LogP contribution in [0, 0.1) is 5.82 Å². The van der Waals surface area contributed by atoms with E-state index in [1.807, 2.05) is 12.1 Å². The smallest absolute Gasteiger partial charge is 0.239 e. The van der Waals surface area contributed by atoms with Crippen LogP contribution in [0.1, 0.15) is 24.8 Å². The normalized spacial score (nSPS) is 24.1. The first kappa shape index (κ1) is 14.5. The van der Waals surface area contributed by atoms with Crippen LogP contribution in [0.25, 0.3) is 0 Å². The van der Waals surface area contributed by atoms with Gasteiger partial charge in [-0.15, -0.1) is 0 Å². The highest BCUT2D eigenvalue weighted by molar-refractivity contribution is 5.82. The van der Waals surface area contributed by atoms with Crippen molar-refractivity contribution in [2.24, 2.45) is 0 Å². The molecule has 3 rings (SSSR count). The number of hydrogen-bond donors (Lipinski definition) is 2. The molecule has 4 nitrogen and oxygen atoms in total. The fraction of sp³-hybridized carbons (Fsp3) is 0.562. The van der Waals surface area contributed by atoms with Gasteiger partial charge in [0.1, 0.15) is 11.9 Å². The van der Waals surface area contributed by atoms with Gasteiger partial charge in [0.2, 0.25) is 5.91 Å². The molecule has 2 fully saturated rings. The molecule has 21 heavy (non-hydrogen) atoms. The average Bonchev–Trinajstić information content (AvgIpc) is 2.48. The SMILES string of the molecule is O=C(NCC1(c2ccc(F)cc2)CCC1)C1COCCN1. The number of carbonyl (C=O) groups is 1. The maximum Gasteiger partial charge on any atom is 0.239 e. The van der Waals surface area contributed by atoms with E-state index in [1.54, 1.807) is 0 Å². The van der Waals surface area contributed by atoms with E-state index in [1.165, 1.54) is 12.1 Å². The van der Waals surface area contributed by atoms with Gasteiger partial charge in [0.15, 0.2) is 0 Å². The van der Waals surface area contributed by atoms with E-state index in [2.05, 4.69) is 10.6 Å². The van der Waals surface area contributed by atoms with Crippen LogP contribution < -0.4 is 10.6 Å². The van der Waals surface area contributed by atoms with Gasteiger partial charge in [-0.1, -0.05) is 18.6 Å². The standard InChI is InChI=1S/C16H21FN2O2/c17-13-4-2-12(3-5-13)16(6-1-7-16)11-19-15(20)14-10-21-9-8-18-14/h2-5,14,18H,1,6-11H2,(H,19,20). The molecule has 1 aliphatic carbocycles. The summed E-state index contributed by atoms with van der Waals surface area (Å²) in [6, 6.07) is 6.40. The molecule has 1 saturated carbocycles. The van der Waals surface area contributed by atoms with Crippen molar-refractivity contribution in [1.29, 1.82) is 0 Å². The Balaban J connectivity index is 1.61. The van der Waals surface area contributed by atoms with Crippen molar-refractivity contribution in [2.45, 2.75) is 30.7 Å². The van der Waals surface area contributed by atoms with Crippen molar-refractivity contribution >= 4 is 5.91 Å². The molecule has 2 aliphatic rings. The summed E-state index contributed by atoms with van der Waals surface area (Å²) < 4.78 is 18.4. The highest BCUT2D eigenvalue weighted by atomic mass is 19.1. The predicted molar refractivity (Wildman–Crippen MR) is 77.5 cm³/mol. The Hall–Kier alpha value is -1.46. The lowest BCUT2D eigenvalue weighted by atomic mass is 9.64. The first-order valence-corrected chi connectivity index (χ1v) is 7.55. The molecule has 0 spiro atoms. The molecule has 1 unspecified atom stereocenters. The molecule has 1 aromatic rings. The van der Waals surface area contributed by atoms with Gasteiger partial charge in [0, 0.05) is 18.5 Å². The van der Waals surface area contributed by atoms with Gasteiger partial charge in [0.05, 0.1) is 13.2 Å². The first-order valence-electron chi connectivity index (χ1n) is 7.55. The largest absolute Gasteiger partial charge is 0.378 e. The molecule has 114 valence electrons. The van der Waals surface area contributed by atoms with Gasteiger partial charge in [-0.2, -0.15) is 0 Å². The number of rotatable bonds is 4. The van der Waals surface area contributed by atoms with Crippen LogP contribution >= 0.6 is 0 Å². The Morgan fingerprint density at radius 2 is 2.14 bits per heavy atom. The maximum atomic E-state index is 13.1. The van der Waals surface area contributed by atoms with Crippen LogP contribution in [0.5, 0.6) is 0 Å². The van der Waals surface area contributed by atoms with Crippen LogP contribution in [0.2, 0.25) is 0 Å². The number of benzene rings is 1. The summed E-state index contributed by atoms with van der Waals surface area (Å²) in [5, 5.41) is 6.18. The minimum Gasteiger partial charge on any atom is -0.378 e. The lowest BCUT2D eigenvalue weighted by molar-refractivity contribution is -0.126. The summed E-state index contributed by atoms with van der Waals surface area (Å²) in [5.41, 5.74) is 1.09. The molecule has 2 N–H and O–H groups in total. The number of amides is 1. The Bertz CT molecular complexity index is 494. The quantitative estimate of drug-likeness (QED) is 0.881. The van der Waals surface area contributed by atoms with Crippen LogP contribution in [0.3, 0.4) is 0 Å². The van der Waals surface area contributed by atoms with E-state index in [0.29, 0.717) is 26.3 Å². The molecule has 1 heterocycles. The van der Waals surface area contributed by atoms with Crippen molar-refractivity contribution < 1.29 is 13.9 Å². The van der Waals surface area contributed by atoms with Crippen LogP contribution in [0.15, 0.2) is 24.3 Å². The van der Waals surface area contributed by atoms with E-state index in [-0.39, 0.29) is 23.2 Å². The van der Waals surface area contributed by atoms with Gasteiger partial charge < -0.3 is 15.4 Å². The van der Waals surface area contributed by atoms with Crippen molar-refractivity contribution in [3.8, 4) is 0 Å². The van der Waals surface area contributed by atoms with Gasteiger partial charge in [0.25, 0.3) is 0 Å². The Morgan fingerprint density at radius 3 is 2.71 bits per heavy atom. The van der Waals surface area contributed by atoms with E-state index < -0.39 is 0 Å². The molecule has 0 bridgehead atoms. The molecule has 5 heteroatoms. The third-order valence-corrected chi connectivity index (χ3v) is 4.61. The zero-order valence-electron chi connectivity index (χ0n) is 12.0. The number of ether oxygens (including phenoxy) is 1. The second-order valence-corrected chi connectivity index (χ2v) is 5.94. The zero-order valence-corrected chi connectivity index (χ0v) is 12.0. The van der Waals surface area contributed by atoms with Crippen LogP contribution in [-0.4, -0.2) is 38.3 Å². The molecular weight excluding hydrogens is 271 g/mol. The molecule has 1 saturated heterocycles. The van der Waals surface area contributed by atoms with Crippen LogP contribution in [0.4, 0.5) is 4.39 Å². The number of hydrogen-bond acceptors (Lipinski definition) is 3. The summed E-state index contributed by atoms with van der Waals surface area (Å²) in [6.45, 7) is 2.40. The van der Waals surface area contributed by atoms with E-state index in [4.69, 9.17) is 4.74 Å². The van der Waals surface area contributed by atoms with E-state index >= 15 is 0 Å². The number of halogens is 1. The molecule has 1 aliphatic heterocycles. The minimum absolute atomic E-state index is 0.0110. The molecule has 0 aromatic heterocycles. The summed E-state index contributed by atoms with van der Waals surface area (Å²) in [6.07, 6.45) is 3.22. The Kier molecular flexibility index (Phi) is 4.22. The molecule has 0 radical (unpaired) electrons. The van der Waals surface area contributed by atoms with Crippen molar-refractivity contribution in [1.82, 2.24) is 10.6 Å². The van der Waals surface area contributed by atoms with Crippen molar-refractivity contribution in [2.75, 3.05) is 26.3 Å².